The molecule has 4 fully saturated rings. The zero-order valence-electron chi connectivity index (χ0n) is 52.3. The molecule has 2 saturated heterocycles. The molecule has 4 aromatic carbocycles. The molecule has 2 aliphatic carbocycles. The molecule has 3 amide bonds. The maximum absolute atomic E-state index is 13.9. The largest absolute Gasteiger partial charge is 0.478 e. The molecule has 2 saturated carbocycles. The molecule has 6 aliphatic rings. The number of benzene rings is 4. The number of hydrogen-bond donors (Lipinski definition) is 4. The molecule has 0 bridgehead atoms. The highest BCUT2D eigenvalue weighted by molar-refractivity contribution is 5.97. The number of aromatic nitrogens is 4. The van der Waals surface area contributed by atoms with Crippen LogP contribution in [-0.4, -0.2) is 114 Å². The van der Waals surface area contributed by atoms with Gasteiger partial charge >= 0.3 is 18.2 Å². The summed E-state index contributed by atoms with van der Waals surface area (Å²) in [5, 5.41) is 30.7. The van der Waals surface area contributed by atoms with Gasteiger partial charge in [0.25, 0.3) is 5.91 Å². The number of likely N-dealkylation sites (tertiary alicyclic amines) is 1. The number of piperidine rings is 2. The number of aromatic carboxylic acids is 1. The van der Waals surface area contributed by atoms with Crippen molar-refractivity contribution >= 4 is 36.5 Å². The van der Waals surface area contributed by atoms with Crippen LogP contribution in [0.5, 0.6) is 0 Å². The Bertz CT molecular complexity index is 3580. The van der Waals surface area contributed by atoms with Crippen molar-refractivity contribution in [2.45, 2.75) is 188 Å². The SMILES string of the molecule is C.Cc1cc(C2CCC2)c(-c2nc3c([nH]2)CN(C(=O)OC(C)(C)C)CC3)cc1C(=O)N1CCC(c2ccc(C#N)cc2)CC1.Cc1cc(C2CCC2)c(-c2nc3c([nH]2)CN(C(=O)OC(C)(C)C)CC3)cc1C(=O)O.Cl.N#Cc1ccc(C2CCNCC2)cc1. The Morgan fingerprint density at radius 1 is 0.562 bits per heavy atom. The predicted molar refractivity (Wildman–Crippen MR) is 347 cm³/mol. The fraction of sp³-hybridized carbons (Fsp3) is 0.493. The van der Waals surface area contributed by atoms with Gasteiger partial charge in [0.2, 0.25) is 0 Å². The molecule has 0 radical (unpaired) electrons. The maximum Gasteiger partial charge on any atom is 0.410 e. The number of aromatic amines is 2. The molecular weight excluding hydrogens is 1140 g/mol. The molecule has 2 aromatic heterocycles. The predicted octanol–water partition coefficient (Wildman–Crippen LogP) is 14.6. The fourth-order valence-corrected chi connectivity index (χ4v) is 12.7. The smallest absolute Gasteiger partial charge is 0.410 e. The summed E-state index contributed by atoms with van der Waals surface area (Å²) in [5.41, 5.74) is 13.8. The van der Waals surface area contributed by atoms with Crippen molar-refractivity contribution in [3.63, 3.8) is 0 Å². The van der Waals surface area contributed by atoms with E-state index in [2.05, 4.69) is 58.6 Å². The number of ether oxygens (including phenoxy) is 2. The molecule has 89 heavy (non-hydrogen) atoms. The first-order chi connectivity index (χ1) is 41.6. The third kappa shape index (κ3) is 16.1. The summed E-state index contributed by atoms with van der Waals surface area (Å²) in [6.07, 6.45) is 11.8. The van der Waals surface area contributed by atoms with E-state index in [0.29, 0.717) is 92.7 Å². The molecule has 4 N–H and O–H groups in total. The number of carbonyl (C=O) groups excluding carboxylic acids is 3. The molecule has 0 spiro atoms. The summed E-state index contributed by atoms with van der Waals surface area (Å²) >= 11 is 0. The van der Waals surface area contributed by atoms with Crippen LogP contribution in [0, 0.1) is 36.5 Å². The molecule has 17 nitrogen and oxygen atoms in total. The molecule has 6 heterocycles. The second-order valence-electron chi connectivity index (χ2n) is 26.5. The Morgan fingerprint density at radius 2 is 0.966 bits per heavy atom. The van der Waals surface area contributed by atoms with Gasteiger partial charge in [0.15, 0.2) is 0 Å². The highest BCUT2D eigenvalue weighted by atomic mass is 35.5. The van der Waals surface area contributed by atoms with Crippen LogP contribution < -0.4 is 5.32 Å². The van der Waals surface area contributed by atoms with Crippen molar-refractivity contribution in [2.24, 2.45) is 0 Å². The lowest BCUT2D eigenvalue weighted by Gasteiger charge is -2.33. The van der Waals surface area contributed by atoms with Crippen LogP contribution in [0.4, 0.5) is 9.59 Å². The number of rotatable bonds is 8. The quantitative estimate of drug-likeness (QED) is 0.111. The minimum Gasteiger partial charge on any atom is -0.478 e. The number of nitrogens with zero attached hydrogens (tertiary/aromatic N) is 7. The second-order valence-corrected chi connectivity index (χ2v) is 26.5. The van der Waals surface area contributed by atoms with Gasteiger partial charge in [0.05, 0.1) is 64.7 Å². The van der Waals surface area contributed by atoms with E-state index >= 15 is 0 Å². The minimum atomic E-state index is -0.929. The molecule has 472 valence electrons. The summed E-state index contributed by atoms with van der Waals surface area (Å²) in [6, 6.07) is 28.2. The first-order valence-corrected chi connectivity index (χ1v) is 31.3. The molecule has 4 aliphatic heterocycles. The van der Waals surface area contributed by atoms with Gasteiger partial charge in [-0.3, -0.25) is 4.79 Å². The number of nitrogens with one attached hydrogen (secondary N) is 3. The number of halogens is 1. The molecule has 6 aromatic rings. The van der Waals surface area contributed by atoms with E-state index < -0.39 is 17.2 Å². The highest BCUT2D eigenvalue weighted by Gasteiger charge is 2.34. The Kier molecular flexibility index (Phi) is 21.6. The van der Waals surface area contributed by atoms with Crippen molar-refractivity contribution in [3.05, 3.63) is 151 Å². The summed E-state index contributed by atoms with van der Waals surface area (Å²) in [5.74, 6) is 2.62. The third-order valence-electron chi connectivity index (χ3n) is 18.0. The monoisotopic (exact) mass is 1230 g/mol. The first kappa shape index (κ1) is 67.0. The van der Waals surface area contributed by atoms with Crippen molar-refractivity contribution in [2.75, 3.05) is 39.3 Å². The van der Waals surface area contributed by atoms with Crippen LogP contribution in [0.3, 0.4) is 0 Å². The number of nitriles is 2. The van der Waals surface area contributed by atoms with Gasteiger partial charge in [-0.15, -0.1) is 12.4 Å². The van der Waals surface area contributed by atoms with Gasteiger partial charge in [-0.1, -0.05) is 56.7 Å². The Labute approximate surface area is 531 Å². The lowest BCUT2D eigenvalue weighted by Crippen LogP contribution is -2.39. The Morgan fingerprint density at radius 3 is 1.35 bits per heavy atom. The minimum absolute atomic E-state index is 0. The van der Waals surface area contributed by atoms with Crippen molar-refractivity contribution in [1.82, 2.24) is 40.0 Å². The average Bonchev–Trinajstić information content (AvgIpc) is 1.80. The summed E-state index contributed by atoms with van der Waals surface area (Å²) < 4.78 is 11.1. The number of hydrogen-bond acceptors (Lipinski definition) is 11. The average molecular weight is 1230 g/mol. The number of fused-ring (bicyclic) bond motifs is 2. The van der Waals surface area contributed by atoms with Crippen LogP contribution in [0.25, 0.3) is 22.8 Å². The topological polar surface area (TPSA) is 234 Å². The normalized spacial score (nSPS) is 16.9. The van der Waals surface area contributed by atoms with E-state index in [1.54, 1.807) is 15.9 Å². The standard InChI is InChI=1S/C35H41N5O3.C23H29N3O4.C12H14N2.CH4.ClH/c1-22-18-28(26-6-5-7-26)29(32-37-30-14-17-40(21-31(30)38-32)34(42)43-35(2,3)4)19-27(22)33(41)39-15-12-25(13-16-39)24-10-8-23(20-36)9-11-24;1-13-10-16(14-6-5-7-14)17(11-15(13)21(27)28)20-24-18-8-9-26(12-19(18)25-20)22(29)30-23(2,3)4;13-9-10-1-3-11(4-2-10)12-5-7-14-8-6-12;;/h8-11,18-19,25-26H,5-7,12-17,21H2,1-4H3,(H,37,38);10-11,14H,5-9,12H2,1-4H3,(H,24,25)(H,27,28);1-4,12,14H,5-8H2;1H4;1H. The molecule has 12 rings (SSSR count). The van der Waals surface area contributed by atoms with Gasteiger partial charge < -0.3 is 44.6 Å². The number of H-pyrrole nitrogens is 2. The number of carboxylic acids is 1. The maximum atomic E-state index is 13.9. The molecule has 0 atom stereocenters. The second kappa shape index (κ2) is 28.7. The summed E-state index contributed by atoms with van der Waals surface area (Å²) in [7, 11) is 0. The molecule has 18 heteroatoms. The van der Waals surface area contributed by atoms with E-state index in [0.717, 1.165) is 114 Å². The van der Waals surface area contributed by atoms with Gasteiger partial charge in [-0.25, -0.2) is 24.4 Å². The number of aryl methyl sites for hydroxylation is 2. The fourth-order valence-electron chi connectivity index (χ4n) is 12.7. The van der Waals surface area contributed by atoms with Gasteiger partial charge in [-0.05, 0) is 213 Å². The number of imidazole rings is 2. The van der Waals surface area contributed by atoms with Crippen LogP contribution in [0.15, 0.2) is 72.8 Å². The molecular formula is C71H89ClN10O7. The van der Waals surface area contributed by atoms with Gasteiger partial charge in [0, 0.05) is 55.7 Å². The van der Waals surface area contributed by atoms with Crippen LogP contribution in [-0.2, 0) is 35.4 Å². The summed E-state index contributed by atoms with van der Waals surface area (Å²) in [6.45, 7) is 20.7. The number of carboxylic acid groups (broad SMARTS) is 1. The third-order valence-corrected chi connectivity index (χ3v) is 18.0. The van der Waals surface area contributed by atoms with Gasteiger partial charge in [-0.2, -0.15) is 10.5 Å². The van der Waals surface area contributed by atoms with Crippen LogP contribution >= 0.6 is 12.4 Å². The van der Waals surface area contributed by atoms with Crippen molar-refractivity contribution in [3.8, 4) is 34.9 Å². The highest BCUT2D eigenvalue weighted by Crippen LogP contribution is 2.44. The molecule has 0 unspecified atom stereocenters. The summed E-state index contributed by atoms with van der Waals surface area (Å²) in [4.78, 5) is 72.9. The van der Waals surface area contributed by atoms with E-state index in [1.165, 1.54) is 47.9 Å². The Balaban J connectivity index is 0.000000192. The first-order valence-electron chi connectivity index (χ1n) is 31.3. The van der Waals surface area contributed by atoms with E-state index in [9.17, 15) is 24.3 Å². The van der Waals surface area contributed by atoms with E-state index in [1.807, 2.05) is 95.8 Å². The van der Waals surface area contributed by atoms with Crippen LogP contribution in [0.1, 0.15) is 225 Å². The Hall–Kier alpha value is -7.99. The van der Waals surface area contributed by atoms with Crippen molar-refractivity contribution in [1.29, 1.82) is 10.5 Å². The van der Waals surface area contributed by atoms with Crippen LogP contribution in [0.2, 0.25) is 0 Å². The van der Waals surface area contributed by atoms with Crippen molar-refractivity contribution < 1.29 is 33.8 Å². The lowest BCUT2D eigenvalue weighted by molar-refractivity contribution is 0.0211. The number of amides is 3. The van der Waals surface area contributed by atoms with E-state index in [-0.39, 0.29) is 37.9 Å². The zero-order valence-corrected chi connectivity index (χ0v) is 53.1. The lowest BCUT2D eigenvalue weighted by atomic mass is 9.77. The zero-order chi connectivity index (χ0) is 61.7. The van der Waals surface area contributed by atoms with E-state index in [4.69, 9.17) is 30.0 Å². The van der Waals surface area contributed by atoms with Gasteiger partial charge in [0.1, 0.15) is 22.9 Å². The number of carbonyl (C=O) groups is 4.